The van der Waals surface area contributed by atoms with E-state index in [9.17, 15) is 0 Å². The van der Waals surface area contributed by atoms with E-state index in [0.29, 0.717) is 28.7 Å². The van der Waals surface area contributed by atoms with Gasteiger partial charge in [-0.3, -0.25) is 0 Å². The van der Waals surface area contributed by atoms with Crippen molar-refractivity contribution in [1.29, 1.82) is 0 Å². The predicted octanol–water partition coefficient (Wildman–Crippen LogP) is 2.15. The van der Waals surface area contributed by atoms with Gasteiger partial charge in [0.2, 0.25) is 0 Å². The molecule has 0 saturated carbocycles. The molecule has 2 heterocycles. The van der Waals surface area contributed by atoms with Crippen LogP contribution in [0.2, 0.25) is 0 Å². The number of furan rings is 1. The zero-order valence-corrected chi connectivity index (χ0v) is 9.69. The molecular weight excluding hydrogens is 262 g/mol. The first kappa shape index (κ1) is 10.4. The maximum absolute atomic E-state index is 5.50. The Balaban J connectivity index is 2.27. The fourth-order valence-corrected chi connectivity index (χ4v) is 1.38. The van der Waals surface area contributed by atoms with Crippen molar-refractivity contribution < 1.29 is 8.94 Å². The Labute approximate surface area is 94.8 Å². The topological polar surface area (TPSA) is 78.1 Å². The number of halogens is 1. The van der Waals surface area contributed by atoms with E-state index in [0.717, 1.165) is 0 Å². The van der Waals surface area contributed by atoms with Crippen LogP contribution in [0.25, 0.3) is 11.7 Å². The van der Waals surface area contributed by atoms with E-state index in [1.165, 1.54) is 0 Å². The van der Waals surface area contributed by atoms with Crippen molar-refractivity contribution in [1.82, 2.24) is 10.1 Å². The Morgan fingerprint density at radius 1 is 1.53 bits per heavy atom. The van der Waals surface area contributed by atoms with Crippen LogP contribution in [0, 0.1) is 0 Å². The average Bonchev–Trinajstić information content (AvgIpc) is 2.84. The number of hydrogen-bond donors (Lipinski definition) is 1. The molecule has 0 radical (unpaired) electrons. The molecule has 0 saturated heterocycles. The van der Waals surface area contributed by atoms with Gasteiger partial charge in [0.05, 0.1) is 0 Å². The lowest BCUT2D eigenvalue weighted by atomic mass is 10.2. The Morgan fingerprint density at radius 3 is 2.93 bits per heavy atom. The fourth-order valence-electron chi connectivity index (χ4n) is 1.07. The highest BCUT2D eigenvalue weighted by atomic mass is 79.9. The maximum atomic E-state index is 5.50. The van der Waals surface area contributed by atoms with Crippen LogP contribution < -0.4 is 5.73 Å². The summed E-state index contributed by atoms with van der Waals surface area (Å²) in [5.41, 5.74) is 5.50. The van der Waals surface area contributed by atoms with Crippen molar-refractivity contribution in [3.63, 3.8) is 0 Å². The first-order valence-corrected chi connectivity index (χ1v) is 5.29. The summed E-state index contributed by atoms with van der Waals surface area (Å²) in [6.45, 7) is 2.42. The first-order chi connectivity index (χ1) is 7.20. The first-order valence-electron chi connectivity index (χ1n) is 4.50. The smallest absolute Gasteiger partial charge is 0.293 e. The molecule has 0 aliphatic rings. The van der Waals surface area contributed by atoms with Gasteiger partial charge in [-0.2, -0.15) is 4.98 Å². The van der Waals surface area contributed by atoms with Crippen LogP contribution in [-0.2, 0) is 0 Å². The molecule has 1 atom stereocenters. The molecule has 0 aliphatic heterocycles. The molecule has 0 amide bonds. The Hall–Kier alpha value is -1.14. The van der Waals surface area contributed by atoms with Crippen molar-refractivity contribution in [2.75, 3.05) is 6.54 Å². The van der Waals surface area contributed by atoms with Gasteiger partial charge in [0.1, 0.15) is 0 Å². The van der Waals surface area contributed by atoms with Crippen molar-refractivity contribution in [3.05, 3.63) is 22.6 Å². The van der Waals surface area contributed by atoms with E-state index >= 15 is 0 Å². The van der Waals surface area contributed by atoms with Gasteiger partial charge in [0.15, 0.2) is 16.3 Å². The lowest BCUT2D eigenvalue weighted by molar-refractivity contribution is 0.403. The van der Waals surface area contributed by atoms with Gasteiger partial charge in [0.25, 0.3) is 5.89 Å². The Bertz CT molecular complexity index is 452. The standard InChI is InChI=1S/C9H10BrN3O2/c1-5(4-11)8-12-9(15-13-8)6-2-3-7(10)14-6/h2-3,5H,4,11H2,1H3. The highest BCUT2D eigenvalue weighted by Gasteiger charge is 2.15. The van der Waals surface area contributed by atoms with Gasteiger partial charge in [-0.05, 0) is 28.1 Å². The molecule has 1 unspecified atom stereocenters. The van der Waals surface area contributed by atoms with Crippen molar-refractivity contribution >= 4 is 15.9 Å². The van der Waals surface area contributed by atoms with E-state index in [1.807, 2.05) is 6.92 Å². The summed E-state index contributed by atoms with van der Waals surface area (Å²) in [6.07, 6.45) is 0. The van der Waals surface area contributed by atoms with E-state index < -0.39 is 0 Å². The molecule has 2 N–H and O–H groups in total. The minimum Gasteiger partial charge on any atom is -0.444 e. The third kappa shape index (κ3) is 2.10. The van der Waals surface area contributed by atoms with Crippen LogP contribution in [-0.4, -0.2) is 16.7 Å². The highest BCUT2D eigenvalue weighted by Crippen LogP contribution is 2.24. The van der Waals surface area contributed by atoms with Crippen LogP contribution in [0.1, 0.15) is 18.7 Å². The second-order valence-electron chi connectivity index (χ2n) is 3.20. The summed E-state index contributed by atoms with van der Waals surface area (Å²) in [7, 11) is 0. The summed E-state index contributed by atoms with van der Waals surface area (Å²) in [5, 5.41) is 3.83. The molecule has 5 nitrogen and oxygen atoms in total. The zero-order chi connectivity index (χ0) is 10.8. The van der Waals surface area contributed by atoms with Gasteiger partial charge in [-0.25, -0.2) is 0 Å². The van der Waals surface area contributed by atoms with Gasteiger partial charge >= 0.3 is 0 Å². The molecule has 0 aromatic carbocycles. The largest absolute Gasteiger partial charge is 0.444 e. The SMILES string of the molecule is CC(CN)c1noc(-c2ccc(Br)o2)n1. The van der Waals surface area contributed by atoms with Gasteiger partial charge in [-0.15, -0.1) is 0 Å². The summed E-state index contributed by atoms with van der Waals surface area (Å²) < 4.78 is 11.0. The summed E-state index contributed by atoms with van der Waals surface area (Å²) in [6, 6.07) is 3.53. The van der Waals surface area contributed by atoms with Gasteiger partial charge in [-0.1, -0.05) is 12.1 Å². The molecular formula is C9H10BrN3O2. The second kappa shape index (κ2) is 4.16. The molecule has 0 spiro atoms. The number of rotatable bonds is 3. The number of nitrogens with two attached hydrogens (primary N) is 1. The molecule has 2 rings (SSSR count). The van der Waals surface area contributed by atoms with Crippen molar-refractivity contribution in [2.24, 2.45) is 5.73 Å². The van der Waals surface area contributed by atoms with Crippen LogP contribution in [0.5, 0.6) is 0 Å². The lowest BCUT2D eigenvalue weighted by Crippen LogP contribution is -2.10. The third-order valence-corrected chi connectivity index (χ3v) is 2.45. The fraction of sp³-hybridized carbons (Fsp3) is 0.333. The lowest BCUT2D eigenvalue weighted by Gasteiger charge is -1.98. The number of aromatic nitrogens is 2. The summed E-state index contributed by atoms with van der Waals surface area (Å²) in [5.74, 6) is 1.60. The molecule has 0 bridgehead atoms. The molecule has 80 valence electrons. The van der Waals surface area contributed by atoms with E-state index in [-0.39, 0.29) is 5.92 Å². The minimum atomic E-state index is 0.0842. The average molecular weight is 272 g/mol. The minimum absolute atomic E-state index is 0.0842. The third-order valence-electron chi connectivity index (χ3n) is 2.02. The van der Waals surface area contributed by atoms with Gasteiger partial charge in [0, 0.05) is 12.5 Å². The zero-order valence-electron chi connectivity index (χ0n) is 8.11. The van der Waals surface area contributed by atoms with Crippen LogP contribution in [0.3, 0.4) is 0 Å². The van der Waals surface area contributed by atoms with Crippen LogP contribution in [0.15, 0.2) is 25.7 Å². The van der Waals surface area contributed by atoms with E-state index in [1.54, 1.807) is 12.1 Å². The van der Waals surface area contributed by atoms with E-state index in [4.69, 9.17) is 14.7 Å². The molecule has 0 aliphatic carbocycles. The Morgan fingerprint density at radius 2 is 2.33 bits per heavy atom. The van der Waals surface area contributed by atoms with Crippen LogP contribution >= 0.6 is 15.9 Å². The highest BCUT2D eigenvalue weighted by molar-refractivity contribution is 9.10. The molecule has 6 heteroatoms. The monoisotopic (exact) mass is 271 g/mol. The van der Waals surface area contributed by atoms with Crippen molar-refractivity contribution in [2.45, 2.75) is 12.8 Å². The Kier molecular flexibility index (Phi) is 2.88. The normalized spacial score (nSPS) is 13.0. The molecule has 0 fully saturated rings. The quantitative estimate of drug-likeness (QED) is 0.926. The number of hydrogen-bond acceptors (Lipinski definition) is 5. The summed E-state index contributed by atoms with van der Waals surface area (Å²) >= 11 is 3.20. The van der Waals surface area contributed by atoms with Gasteiger partial charge < -0.3 is 14.7 Å². The second-order valence-corrected chi connectivity index (χ2v) is 3.98. The molecule has 15 heavy (non-hydrogen) atoms. The predicted molar refractivity (Wildman–Crippen MR) is 57.2 cm³/mol. The summed E-state index contributed by atoms with van der Waals surface area (Å²) in [4.78, 5) is 4.19. The van der Waals surface area contributed by atoms with Crippen molar-refractivity contribution in [3.8, 4) is 11.7 Å². The number of nitrogens with zero attached hydrogens (tertiary/aromatic N) is 2. The molecule has 2 aromatic rings. The maximum Gasteiger partial charge on any atom is 0.293 e. The van der Waals surface area contributed by atoms with Crippen LogP contribution in [0.4, 0.5) is 0 Å². The molecule has 2 aromatic heterocycles. The van der Waals surface area contributed by atoms with E-state index in [2.05, 4.69) is 26.1 Å².